The fourth-order valence-corrected chi connectivity index (χ4v) is 2.71. The molecule has 1 heterocycles. The maximum atomic E-state index is 5.88. The molecule has 1 aromatic heterocycles. The van der Waals surface area contributed by atoms with Crippen LogP contribution in [0.25, 0.3) is 0 Å². The van der Waals surface area contributed by atoms with Gasteiger partial charge in [0, 0.05) is 22.3 Å². The first-order valence-corrected chi connectivity index (χ1v) is 8.70. The summed E-state index contributed by atoms with van der Waals surface area (Å²) in [4.78, 5) is 8.41. The third-order valence-electron chi connectivity index (χ3n) is 3.59. The minimum atomic E-state index is 0.162. The maximum absolute atomic E-state index is 5.88. The summed E-state index contributed by atoms with van der Waals surface area (Å²) in [5, 5.41) is 3.38. The average Bonchev–Trinajstić information content (AvgIpc) is 2.68. The molecular formula is C19H18BrN3O3. The summed E-state index contributed by atoms with van der Waals surface area (Å²) in [5.41, 5.74) is 1.97. The molecule has 0 saturated carbocycles. The highest BCUT2D eigenvalue weighted by Crippen LogP contribution is 2.28. The van der Waals surface area contributed by atoms with Gasteiger partial charge in [-0.3, -0.25) is 0 Å². The zero-order valence-corrected chi connectivity index (χ0v) is 16.0. The Kier molecular flexibility index (Phi) is 5.91. The van der Waals surface area contributed by atoms with E-state index in [-0.39, 0.29) is 6.01 Å². The van der Waals surface area contributed by atoms with Gasteiger partial charge in [0.1, 0.15) is 5.75 Å². The van der Waals surface area contributed by atoms with E-state index in [1.54, 1.807) is 6.07 Å². The van der Waals surface area contributed by atoms with E-state index in [4.69, 9.17) is 14.2 Å². The lowest BCUT2D eigenvalue weighted by Gasteiger charge is -2.13. The molecule has 7 heteroatoms. The minimum Gasteiger partial charge on any atom is -0.481 e. The molecule has 0 amide bonds. The van der Waals surface area contributed by atoms with Crippen LogP contribution >= 0.6 is 15.9 Å². The van der Waals surface area contributed by atoms with Crippen molar-refractivity contribution in [2.24, 2.45) is 0 Å². The van der Waals surface area contributed by atoms with Gasteiger partial charge in [0.25, 0.3) is 0 Å². The lowest BCUT2D eigenvalue weighted by atomic mass is 10.2. The zero-order valence-electron chi connectivity index (χ0n) is 14.4. The Hall–Kier alpha value is -2.80. The Morgan fingerprint density at radius 3 is 2.27 bits per heavy atom. The minimum absolute atomic E-state index is 0.162. The van der Waals surface area contributed by atoms with Gasteiger partial charge in [0.15, 0.2) is 0 Å². The molecule has 134 valence electrons. The number of methoxy groups -OCH3 is 2. The van der Waals surface area contributed by atoms with Crippen molar-refractivity contribution in [2.45, 2.75) is 6.54 Å². The third-order valence-corrected chi connectivity index (χ3v) is 4.29. The van der Waals surface area contributed by atoms with Gasteiger partial charge < -0.3 is 19.5 Å². The molecule has 0 radical (unpaired) electrons. The highest BCUT2D eigenvalue weighted by atomic mass is 79.9. The van der Waals surface area contributed by atoms with Crippen LogP contribution in [0.2, 0.25) is 0 Å². The number of para-hydroxylation sites is 2. The van der Waals surface area contributed by atoms with Gasteiger partial charge in [-0.2, -0.15) is 9.97 Å². The second-order valence-corrected chi connectivity index (χ2v) is 6.13. The molecule has 0 aliphatic heterocycles. The van der Waals surface area contributed by atoms with Crippen molar-refractivity contribution in [3.05, 3.63) is 64.6 Å². The van der Waals surface area contributed by atoms with Gasteiger partial charge in [-0.05, 0) is 34.1 Å². The van der Waals surface area contributed by atoms with Crippen LogP contribution in [-0.2, 0) is 6.54 Å². The van der Waals surface area contributed by atoms with Crippen LogP contribution in [0.5, 0.6) is 23.5 Å². The Balaban J connectivity index is 1.80. The number of hydrogen-bond donors (Lipinski definition) is 1. The van der Waals surface area contributed by atoms with E-state index < -0.39 is 0 Å². The van der Waals surface area contributed by atoms with E-state index in [1.165, 1.54) is 14.2 Å². The van der Waals surface area contributed by atoms with Crippen LogP contribution in [0.1, 0.15) is 5.56 Å². The molecule has 0 unspecified atom stereocenters. The lowest BCUT2D eigenvalue weighted by Crippen LogP contribution is -2.03. The predicted octanol–water partition coefficient (Wildman–Crippen LogP) is 4.66. The summed E-state index contributed by atoms with van der Waals surface area (Å²) in [6, 6.07) is 17.4. The van der Waals surface area contributed by atoms with Gasteiger partial charge in [0.2, 0.25) is 11.8 Å². The molecule has 3 rings (SSSR count). The Labute approximate surface area is 160 Å². The van der Waals surface area contributed by atoms with Crippen LogP contribution in [0, 0.1) is 0 Å². The molecule has 0 aliphatic carbocycles. The van der Waals surface area contributed by atoms with Gasteiger partial charge in [0.05, 0.1) is 20.3 Å². The summed E-state index contributed by atoms with van der Waals surface area (Å²) in [5.74, 6) is 1.40. The molecule has 0 aliphatic rings. The molecule has 3 aromatic rings. The smallest absolute Gasteiger partial charge is 0.328 e. The van der Waals surface area contributed by atoms with E-state index in [9.17, 15) is 0 Å². The van der Waals surface area contributed by atoms with E-state index in [1.807, 2.05) is 48.5 Å². The highest BCUT2D eigenvalue weighted by molar-refractivity contribution is 9.10. The summed E-state index contributed by atoms with van der Waals surface area (Å²) in [7, 11) is 3.06. The van der Waals surface area contributed by atoms with Gasteiger partial charge in [-0.15, -0.1) is 0 Å². The van der Waals surface area contributed by atoms with Crippen molar-refractivity contribution in [1.29, 1.82) is 0 Å². The number of rotatable bonds is 7. The average molecular weight is 416 g/mol. The number of nitrogens with zero attached hydrogens (tertiary/aromatic N) is 2. The first-order chi connectivity index (χ1) is 12.7. The highest BCUT2D eigenvalue weighted by Gasteiger charge is 2.10. The van der Waals surface area contributed by atoms with Crippen LogP contribution in [0.15, 0.2) is 59.1 Å². The Morgan fingerprint density at radius 1 is 0.923 bits per heavy atom. The number of nitrogens with one attached hydrogen (secondary N) is 1. The summed E-state index contributed by atoms with van der Waals surface area (Å²) < 4.78 is 17.2. The van der Waals surface area contributed by atoms with Crippen LogP contribution < -0.4 is 19.5 Å². The van der Waals surface area contributed by atoms with Crippen molar-refractivity contribution in [3.63, 3.8) is 0 Å². The van der Waals surface area contributed by atoms with Gasteiger partial charge in [-0.1, -0.05) is 30.3 Å². The van der Waals surface area contributed by atoms with Crippen molar-refractivity contribution in [3.8, 4) is 23.5 Å². The van der Waals surface area contributed by atoms with Crippen molar-refractivity contribution in [1.82, 2.24) is 9.97 Å². The fourth-order valence-electron chi connectivity index (χ4n) is 2.28. The second kappa shape index (κ2) is 8.53. The standard InChI is InChI=1S/C19H18BrN3O3/c1-24-17-11-18(25-2)23-19(22-17)26-16-10-6-3-7-13(16)12-21-15-9-5-4-8-14(15)20/h3-11,21H,12H2,1-2H3. The van der Waals surface area contributed by atoms with E-state index >= 15 is 0 Å². The number of ether oxygens (including phenoxy) is 3. The van der Waals surface area contributed by atoms with Gasteiger partial charge in [-0.25, -0.2) is 0 Å². The van der Waals surface area contributed by atoms with Crippen molar-refractivity contribution < 1.29 is 14.2 Å². The fraction of sp³-hybridized carbons (Fsp3) is 0.158. The summed E-state index contributed by atoms with van der Waals surface area (Å²) in [6.07, 6.45) is 0. The largest absolute Gasteiger partial charge is 0.481 e. The van der Waals surface area contributed by atoms with Crippen molar-refractivity contribution >= 4 is 21.6 Å². The number of halogens is 1. The molecular weight excluding hydrogens is 398 g/mol. The quantitative estimate of drug-likeness (QED) is 0.605. The van der Waals surface area contributed by atoms with Gasteiger partial charge >= 0.3 is 6.01 Å². The van der Waals surface area contributed by atoms with Crippen molar-refractivity contribution in [2.75, 3.05) is 19.5 Å². The second-order valence-electron chi connectivity index (χ2n) is 5.28. The predicted molar refractivity (Wildman–Crippen MR) is 103 cm³/mol. The molecule has 0 saturated heterocycles. The number of anilines is 1. The monoisotopic (exact) mass is 415 g/mol. The molecule has 0 bridgehead atoms. The normalized spacial score (nSPS) is 10.3. The molecule has 1 N–H and O–H groups in total. The van der Waals surface area contributed by atoms with E-state index in [0.29, 0.717) is 24.1 Å². The van der Waals surface area contributed by atoms with Crippen LogP contribution in [0.3, 0.4) is 0 Å². The van der Waals surface area contributed by atoms with E-state index in [0.717, 1.165) is 15.7 Å². The molecule has 6 nitrogen and oxygen atoms in total. The van der Waals surface area contributed by atoms with Crippen LogP contribution in [-0.4, -0.2) is 24.2 Å². The summed E-state index contributed by atoms with van der Waals surface area (Å²) in [6.45, 7) is 0.583. The maximum Gasteiger partial charge on any atom is 0.328 e. The first-order valence-electron chi connectivity index (χ1n) is 7.91. The lowest BCUT2D eigenvalue weighted by molar-refractivity contribution is 0.347. The molecule has 0 atom stereocenters. The number of benzene rings is 2. The van der Waals surface area contributed by atoms with E-state index in [2.05, 4.69) is 31.2 Å². The summed E-state index contributed by atoms with van der Waals surface area (Å²) >= 11 is 3.53. The zero-order chi connectivity index (χ0) is 18.4. The SMILES string of the molecule is COc1cc(OC)nc(Oc2ccccc2CNc2ccccc2Br)n1. The molecule has 26 heavy (non-hydrogen) atoms. The first kappa shape index (κ1) is 18.0. The molecule has 0 spiro atoms. The third kappa shape index (κ3) is 4.43. The van der Waals surface area contributed by atoms with Crippen LogP contribution in [0.4, 0.5) is 5.69 Å². The Morgan fingerprint density at radius 2 is 1.58 bits per heavy atom. The topological polar surface area (TPSA) is 65.5 Å². The molecule has 2 aromatic carbocycles. The number of aromatic nitrogens is 2. The Bertz CT molecular complexity index is 867. The molecule has 0 fully saturated rings. The number of hydrogen-bond acceptors (Lipinski definition) is 6.